The van der Waals surface area contributed by atoms with Crippen molar-refractivity contribution in [3.63, 3.8) is 0 Å². The van der Waals surface area contributed by atoms with Crippen LogP contribution < -0.4 is 4.90 Å². The van der Waals surface area contributed by atoms with E-state index in [4.69, 9.17) is 10.1 Å². The Morgan fingerprint density at radius 3 is 2.57 bits per heavy atom. The largest absolute Gasteiger partial charge is 0.481 e. The number of hydrogen-bond acceptors (Lipinski definition) is 3. The van der Waals surface area contributed by atoms with Gasteiger partial charge in [0.1, 0.15) is 5.82 Å². The lowest BCUT2D eigenvalue weighted by Crippen LogP contribution is -2.24. The lowest BCUT2D eigenvalue weighted by Gasteiger charge is -2.23. The number of carboxylic acid groups (broad SMARTS) is 1. The highest BCUT2D eigenvalue weighted by Gasteiger charge is 2.11. The Labute approximate surface area is 137 Å². The molecule has 0 aliphatic rings. The Kier molecular flexibility index (Phi) is 6.02. The molecule has 126 valence electrons. The minimum absolute atomic E-state index is 0.190. The third-order valence-electron chi connectivity index (χ3n) is 4.10. The van der Waals surface area contributed by atoms with Crippen molar-refractivity contribution in [2.75, 3.05) is 18.0 Å². The normalized spacial score (nSPS) is 11.1. The second kappa shape index (κ2) is 7.99. The van der Waals surface area contributed by atoms with E-state index in [0.29, 0.717) is 12.8 Å². The van der Waals surface area contributed by atoms with Gasteiger partial charge in [-0.05, 0) is 37.5 Å². The maximum absolute atomic E-state index is 10.7. The zero-order valence-corrected chi connectivity index (χ0v) is 14.4. The van der Waals surface area contributed by atoms with Crippen LogP contribution in [-0.2, 0) is 18.3 Å². The van der Waals surface area contributed by atoms with Crippen LogP contribution in [0.15, 0.2) is 18.2 Å². The SMILES string of the molecule is CCCN(CCC)c1ccc2c(c1)nc(CCCC(=O)O)n2C. The average molecular weight is 317 g/mol. The monoisotopic (exact) mass is 317 g/mol. The number of imidazole rings is 1. The maximum Gasteiger partial charge on any atom is 0.303 e. The number of carbonyl (C=O) groups is 1. The van der Waals surface area contributed by atoms with Crippen LogP contribution in [0.5, 0.6) is 0 Å². The highest BCUT2D eigenvalue weighted by molar-refractivity contribution is 5.80. The van der Waals surface area contributed by atoms with E-state index in [0.717, 1.165) is 42.8 Å². The molecule has 1 heterocycles. The third-order valence-corrected chi connectivity index (χ3v) is 4.10. The fraction of sp³-hybridized carbons (Fsp3) is 0.556. The van der Waals surface area contributed by atoms with E-state index in [1.54, 1.807) is 0 Å². The minimum Gasteiger partial charge on any atom is -0.481 e. The van der Waals surface area contributed by atoms with Gasteiger partial charge in [0.2, 0.25) is 0 Å². The molecule has 0 aliphatic heterocycles. The molecule has 5 nitrogen and oxygen atoms in total. The summed E-state index contributed by atoms with van der Waals surface area (Å²) in [6.07, 6.45) is 3.76. The second-order valence-corrected chi connectivity index (χ2v) is 5.99. The molecule has 0 unspecified atom stereocenters. The summed E-state index contributed by atoms with van der Waals surface area (Å²) in [6, 6.07) is 6.44. The van der Waals surface area contributed by atoms with Crippen LogP contribution in [0.2, 0.25) is 0 Å². The molecule has 23 heavy (non-hydrogen) atoms. The van der Waals surface area contributed by atoms with E-state index in [9.17, 15) is 4.79 Å². The lowest BCUT2D eigenvalue weighted by atomic mass is 10.2. The van der Waals surface area contributed by atoms with Gasteiger partial charge in [0, 0.05) is 38.7 Å². The summed E-state index contributed by atoms with van der Waals surface area (Å²) in [4.78, 5) is 17.8. The molecule has 0 saturated carbocycles. The first-order valence-electron chi connectivity index (χ1n) is 8.48. The van der Waals surface area contributed by atoms with E-state index in [2.05, 4.69) is 41.5 Å². The Bertz CT molecular complexity index is 658. The average Bonchev–Trinajstić information content (AvgIpc) is 2.83. The summed E-state index contributed by atoms with van der Waals surface area (Å²) in [7, 11) is 2.00. The first kappa shape index (κ1) is 17.3. The zero-order chi connectivity index (χ0) is 16.8. The lowest BCUT2D eigenvalue weighted by molar-refractivity contribution is -0.137. The van der Waals surface area contributed by atoms with Crippen molar-refractivity contribution in [3.8, 4) is 0 Å². The van der Waals surface area contributed by atoms with E-state index in [1.807, 2.05) is 7.05 Å². The quantitative estimate of drug-likeness (QED) is 0.767. The van der Waals surface area contributed by atoms with E-state index >= 15 is 0 Å². The van der Waals surface area contributed by atoms with Crippen molar-refractivity contribution < 1.29 is 9.90 Å². The number of rotatable bonds is 9. The molecule has 1 aromatic heterocycles. The molecule has 1 N–H and O–H groups in total. The van der Waals surface area contributed by atoms with Gasteiger partial charge >= 0.3 is 5.97 Å². The Morgan fingerprint density at radius 2 is 1.96 bits per heavy atom. The molecule has 0 saturated heterocycles. The summed E-state index contributed by atoms with van der Waals surface area (Å²) >= 11 is 0. The first-order chi connectivity index (χ1) is 11.1. The predicted molar refractivity (Wildman–Crippen MR) is 94.1 cm³/mol. The molecule has 2 aromatic rings. The molecule has 0 aliphatic carbocycles. The van der Waals surface area contributed by atoms with Crippen LogP contribution in [0.4, 0.5) is 5.69 Å². The van der Waals surface area contributed by atoms with Crippen molar-refractivity contribution in [1.82, 2.24) is 9.55 Å². The molecule has 0 spiro atoms. The summed E-state index contributed by atoms with van der Waals surface area (Å²) in [6.45, 7) is 6.50. The van der Waals surface area contributed by atoms with Gasteiger partial charge in [-0.15, -0.1) is 0 Å². The summed E-state index contributed by atoms with van der Waals surface area (Å²) in [5, 5.41) is 8.77. The van der Waals surface area contributed by atoms with Crippen LogP contribution in [-0.4, -0.2) is 33.7 Å². The summed E-state index contributed by atoms with van der Waals surface area (Å²) in [5.41, 5.74) is 3.32. The van der Waals surface area contributed by atoms with Gasteiger partial charge in [-0.3, -0.25) is 4.79 Å². The van der Waals surface area contributed by atoms with Crippen molar-refractivity contribution in [3.05, 3.63) is 24.0 Å². The second-order valence-electron chi connectivity index (χ2n) is 5.99. The number of aromatic nitrogens is 2. The number of anilines is 1. The van der Waals surface area contributed by atoms with Gasteiger partial charge < -0.3 is 14.6 Å². The van der Waals surface area contributed by atoms with Crippen LogP contribution in [0.25, 0.3) is 11.0 Å². The molecular formula is C18H27N3O2. The van der Waals surface area contributed by atoms with Crippen molar-refractivity contribution in [2.45, 2.75) is 46.0 Å². The smallest absolute Gasteiger partial charge is 0.303 e. The van der Waals surface area contributed by atoms with Gasteiger partial charge in [0.05, 0.1) is 11.0 Å². The van der Waals surface area contributed by atoms with Crippen LogP contribution in [0.3, 0.4) is 0 Å². The number of aliphatic carboxylic acids is 1. The van der Waals surface area contributed by atoms with E-state index < -0.39 is 5.97 Å². The summed E-state index contributed by atoms with van der Waals surface area (Å²) < 4.78 is 2.07. The third kappa shape index (κ3) is 4.24. The number of hydrogen-bond donors (Lipinski definition) is 1. The first-order valence-corrected chi connectivity index (χ1v) is 8.48. The predicted octanol–water partition coefficient (Wildman–Crippen LogP) is 3.61. The van der Waals surface area contributed by atoms with Crippen molar-refractivity contribution in [1.29, 1.82) is 0 Å². The minimum atomic E-state index is -0.749. The Morgan fingerprint density at radius 1 is 1.26 bits per heavy atom. The maximum atomic E-state index is 10.7. The highest BCUT2D eigenvalue weighted by Crippen LogP contribution is 2.23. The molecule has 0 atom stereocenters. The van der Waals surface area contributed by atoms with Crippen LogP contribution in [0.1, 0.15) is 45.4 Å². The summed E-state index contributed by atoms with van der Waals surface area (Å²) in [5.74, 6) is 0.205. The standard InChI is InChI=1S/C18H27N3O2/c1-4-11-21(12-5-2)14-9-10-16-15(13-14)19-17(20(16)3)7-6-8-18(22)23/h9-10,13H,4-8,11-12H2,1-3H3,(H,22,23). The molecule has 5 heteroatoms. The number of benzene rings is 1. The van der Waals surface area contributed by atoms with E-state index in [1.165, 1.54) is 5.69 Å². The molecule has 0 amide bonds. The van der Waals surface area contributed by atoms with E-state index in [-0.39, 0.29) is 6.42 Å². The van der Waals surface area contributed by atoms with Gasteiger partial charge in [-0.25, -0.2) is 4.98 Å². The number of nitrogens with zero attached hydrogens (tertiary/aromatic N) is 3. The van der Waals surface area contributed by atoms with Gasteiger partial charge in [-0.1, -0.05) is 13.8 Å². The molecule has 0 radical (unpaired) electrons. The van der Waals surface area contributed by atoms with Crippen molar-refractivity contribution >= 4 is 22.7 Å². The van der Waals surface area contributed by atoms with Gasteiger partial charge in [-0.2, -0.15) is 0 Å². The van der Waals surface area contributed by atoms with Crippen LogP contribution >= 0.6 is 0 Å². The van der Waals surface area contributed by atoms with Crippen molar-refractivity contribution in [2.24, 2.45) is 7.05 Å². The molecule has 0 fully saturated rings. The Hall–Kier alpha value is -2.04. The number of fused-ring (bicyclic) bond motifs is 1. The molecular weight excluding hydrogens is 290 g/mol. The van der Waals surface area contributed by atoms with Gasteiger partial charge in [0.25, 0.3) is 0 Å². The number of carboxylic acids is 1. The fourth-order valence-corrected chi connectivity index (χ4v) is 2.97. The highest BCUT2D eigenvalue weighted by atomic mass is 16.4. The van der Waals surface area contributed by atoms with Crippen LogP contribution in [0, 0.1) is 0 Å². The zero-order valence-electron chi connectivity index (χ0n) is 14.4. The topological polar surface area (TPSA) is 58.4 Å². The Balaban J connectivity index is 2.23. The molecule has 2 rings (SSSR count). The number of aryl methyl sites for hydroxylation is 2. The fourth-order valence-electron chi connectivity index (χ4n) is 2.97. The van der Waals surface area contributed by atoms with Gasteiger partial charge in [0.15, 0.2) is 0 Å². The molecule has 1 aromatic carbocycles. The molecule has 0 bridgehead atoms.